The van der Waals surface area contributed by atoms with Crippen LogP contribution in [0, 0.1) is 23.3 Å². The van der Waals surface area contributed by atoms with Crippen molar-refractivity contribution in [3.05, 3.63) is 64.7 Å². The molecule has 1 fully saturated rings. The lowest BCUT2D eigenvalue weighted by Gasteiger charge is -2.32. The van der Waals surface area contributed by atoms with Gasteiger partial charge in [0, 0.05) is 19.0 Å². The molecule has 0 spiro atoms. The third kappa shape index (κ3) is 10.1. The normalized spacial score (nSPS) is 15.9. The van der Waals surface area contributed by atoms with E-state index >= 15 is 0 Å². The molecular weight excluding hydrogens is 628 g/mol. The average Bonchev–Trinajstić information content (AvgIpc) is 2.98. The molecule has 2 aromatic rings. The van der Waals surface area contributed by atoms with E-state index in [1.54, 1.807) is 32.9 Å². The lowest BCUT2D eigenvalue weighted by Crippen LogP contribution is -2.56. The van der Waals surface area contributed by atoms with Crippen molar-refractivity contribution in [3.63, 3.8) is 0 Å². The predicted octanol–water partition coefficient (Wildman–Crippen LogP) is 3.74. The summed E-state index contributed by atoms with van der Waals surface area (Å²) in [6.07, 6.45) is -2.29. The first-order chi connectivity index (χ1) is 21.8. The van der Waals surface area contributed by atoms with Gasteiger partial charge in [0.1, 0.15) is 18.2 Å². The van der Waals surface area contributed by atoms with Gasteiger partial charge < -0.3 is 24.4 Å². The van der Waals surface area contributed by atoms with Crippen LogP contribution in [0.15, 0.2) is 30.3 Å². The number of nitrogens with one attached hydrogen (secondary N) is 1. The molecule has 0 radical (unpaired) electrons. The van der Waals surface area contributed by atoms with Crippen LogP contribution in [0.2, 0.25) is 0 Å². The van der Waals surface area contributed by atoms with E-state index in [2.05, 4.69) is 5.32 Å². The van der Waals surface area contributed by atoms with Crippen molar-refractivity contribution < 1.29 is 55.7 Å². The van der Waals surface area contributed by atoms with E-state index < -0.39 is 89.1 Å². The lowest BCUT2D eigenvalue weighted by atomic mass is 9.82. The molecule has 1 aliphatic rings. The number of morpholine rings is 1. The number of halogens is 4. The molecule has 1 heterocycles. The molecule has 10 nitrogen and oxygen atoms in total. The van der Waals surface area contributed by atoms with Gasteiger partial charge in [-0.1, -0.05) is 45.0 Å². The van der Waals surface area contributed by atoms with Gasteiger partial charge in [-0.2, -0.15) is 8.78 Å². The number of rotatable bonds is 11. The van der Waals surface area contributed by atoms with Crippen molar-refractivity contribution in [2.45, 2.75) is 77.5 Å². The fraction of sp³-hybridized carbons (Fsp3) is 0.485. The Balaban J connectivity index is 1.73. The second-order valence-corrected chi connectivity index (χ2v) is 13.0. The molecule has 2 amide bonds. The van der Waals surface area contributed by atoms with Crippen LogP contribution >= 0.6 is 0 Å². The van der Waals surface area contributed by atoms with Gasteiger partial charge in [0.2, 0.25) is 17.4 Å². The summed E-state index contributed by atoms with van der Waals surface area (Å²) in [7, 11) is 0. The molecule has 0 saturated carbocycles. The molecule has 256 valence electrons. The van der Waals surface area contributed by atoms with E-state index in [0.717, 1.165) is 10.5 Å². The standard InChI is InChI=1S/C33H38F4N2O8/c1-32(2,3)19-10-8-7-9-18(19)13-23(40)31(44)39-11-12-45-25(16-39)30(43)38-22(15-26(42)47-33(4,5)6)24(41)17-46-29-27(36)20(34)14-21(35)28(29)37/h7-10,14,22,25H,11-13,15-17H2,1-6H3,(H,38,43)/t22-,25?/m0/s1. The molecule has 0 aliphatic carbocycles. The molecule has 0 bridgehead atoms. The highest BCUT2D eigenvalue weighted by Gasteiger charge is 2.36. The number of ketones is 2. The van der Waals surface area contributed by atoms with Crippen LogP contribution in [-0.2, 0) is 45.3 Å². The van der Waals surface area contributed by atoms with E-state index in [-0.39, 0.29) is 37.6 Å². The molecule has 1 saturated heterocycles. The van der Waals surface area contributed by atoms with Crippen LogP contribution in [-0.4, -0.2) is 78.3 Å². The number of hydrogen-bond acceptors (Lipinski definition) is 8. The van der Waals surface area contributed by atoms with Crippen LogP contribution in [0.3, 0.4) is 0 Å². The van der Waals surface area contributed by atoms with Crippen molar-refractivity contribution in [3.8, 4) is 5.75 Å². The Morgan fingerprint density at radius 2 is 1.60 bits per heavy atom. The summed E-state index contributed by atoms with van der Waals surface area (Å²) in [6, 6.07) is 5.51. The first-order valence-corrected chi connectivity index (χ1v) is 14.8. The predicted molar refractivity (Wildman–Crippen MR) is 159 cm³/mol. The molecule has 1 N–H and O–H groups in total. The van der Waals surface area contributed by atoms with E-state index in [9.17, 15) is 41.5 Å². The summed E-state index contributed by atoms with van der Waals surface area (Å²) in [5, 5.41) is 2.29. The van der Waals surface area contributed by atoms with Crippen LogP contribution in [0.4, 0.5) is 17.6 Å². The summed E-state index contributed by atoms with van der Waals surface area (Å²) >= 11 is 0. The van der Waals surface area contributed by atoms with E-state index in [1.807, 2.05) is 32.9 Å². The van der Waals surface area contributed by atoms with Gasteiger partial charge in [-0.3, -0.25) is 24.0 Å². The zero-order valence-electron chi connectivity index (χ0n) is 27.0. The molecule has 0 aromatic heterocycles. The van der Waals surface area contributed by atoms with Crippen LogP contribution in [0.1, 0.15) is 59.1 Å². The first kappa shape index (κ1) is 37.1. The van der Waals surface area contributed by atoms with E-state index in [0.29, 0.717) is 5.56 Å². The maximum Gasteiger partial charge on any atom is 0.308 e. The Morgan fingerprint density at radius 1 is 0.979 bits per heavy atom. The summed E-state index contributed by atoms with van der Waals surface area (Å²) in [4.78, 5) is 66.1. The van der Waals surface area contributed by atoms with Gasteiger partial charge >= 0.3 is 5.97 Å². The van der Waals surface area contributed by atoms with Gasteiger partial charge in [0.15, 0.2) is 29.3 Å². The number of carbonyl (C=O) groups is 5. The van der Waals surface area contributed by atoms with Gasteiger partial charge in [0.25, 0.3) is 11.8 Å². The highest BCUT2D eigenvalue weighted by atomic mass is 19.2. The SMILES string of the molecule is CC(C)(C)OC(=O)C[C@H](NC(=O)C1CN(C(=O)C(=O)Cc2ccccc2C(C)(C)C)CCO1)C(=O)COc1c(F)c(F)cc(F)c1F. The van der Waals surface area contributed by atoms with Gasteiger partial charge in [-0.25, -0.2) is 8.78 Å². The molecule has 1 unspecified atom stereocenters. The second kappa shape index (κ2) is 15.1. The number of nitrogens with zero attached hydrogens (tertiary/aromatic N) is 1. The minimum absolute atomic E-state index is 0.00466. The fourth-order valence-electron chi connectivity index (χ4n) is 4.81. The molecule has 1 aliphatic heterocycles. The molecule has 2 atom stereocenters. The Hall–Kier alpha value is -4.33. The third-order valence-corrected chi connectivity index (χ3v) is 6.99. The second-order valence-electron chi connectivity index (χ2n) is 13.0. The minimum atomic E-state index is -1.89. The van der Waals surface area contributed by atoms with Crippen LogP contribution < -0.4 is 10.1 Å². The lowest BCUT2D eigenvalue weighted by molar-refractivity contribution is -0.157. The number of carbonyl (C=O) groups excluding carboxylic acids is 5. The zero-order chi connectivity index (χ0) is 35.3. The summed E-state index contributed by atoms with van der Waals surface area (Å²) in [5.41, 5.74) is 0.324. The Kier molecular flexibility index (Phi) is 11.9. The summed E-state index contributed by atoms with van der Waals surface area (Å²) < 4.78 is 70.7. The maximum atomic E-state index is 14.1. The monoisotopic (exact) mass is 666 g/mol. The Morgan fingerprint density at radius 3 is 2.19 bits per heavy atom. The number of amides is 2. The molecule has 47 heavy (non-hydrogen) atoms. The number of benzene rings is 2. The topological polar surface area (TPSA) is 128 Å². The first-order valence-electron chi connectivity index (χ1n) is 14.8. The number of ether oxygens (including phenoxy) is 3. The highest BCUT2D eigenvalue weighted by Crippen LogP contribution is 2.27. The highest BCUT2D eigenvalue weighted by molar-refractivity contribution is 6.36. The quantitative estimate of drug-likeness (QED) is 0.166. The fourth-order valence-corrected chi connectivity index (χ4v) is 4.81. The van der Waals surface area contributed by atoms with E-state index in [4.69, 9.17) is 14.2 Å². The molecule has 2 aromatic carbocycles. The number of esters is 1. The zero-order valence-corrected chi connectivity index (χ0v) is 27.0. The third-order valence-electron chi connectivity index (χ3n) is 6.99. The van der Waals surface area contributed by atoms with Crippen LogP contribution in [0.5, 0.6) is 5.75 Å². The maximum absolute atomic E-state index is 14.1. The molecule has 14 heteroatoms. The Labute approximate surface area is 269 Å². The number of hydrogen-bond donors (Lipinski definition) is 1. The van der Waals surface area contributed by atoms with E-state index in [1.165, 1.54) is 0 Å². The van der Waals surface area contributed by atoms with Crippen molar-refractivity contribution in [1.82, 2.24) is 10.2 Å². The van der Waals surface area contributed by atoms with Crippen LogP contribution in [0.25, 0.3) is 0 Å². The average molecular weight is 667 g/mol. The molecular formula is C33H38F4N2O8. The largest absolute Gasteiger partial charge is 0.479 e. The summed E-state index contributed by atoms with van der Waals surface area (Å²) in [6.45, 7) is 8.91. The molecule has 3 rings (SSSR count). The van der Waals surface area contributed by atoms with Gasteiger partial charge in [-0.05, 0) is 37.3 Å². The van der Waals surface area contributed by atoms with Gasteiger partial charge in [-0.15, -0.1) is 0 Å². The Bertz CT molecular complexity index is 1510. The number of Topliss-reactive ketones (excluding diaryl/α,β-unsaturated/α-hetero) is 2. The van der Waals surface area contributed by atoms with Crippen molar-refractivity contribution in [1.29, 1.82) is 0 Å². The summed E-state index contributed by atoms with van der Waals surface area (Å²) in [5.74, 6) is -13.4. The minimum Gasteiger partial charge on any atom is -0.479 e. The van der Waals surface area contributed by atoms with Crippen molar-refractivity contribution in [2.24, 2.45) is 0 Å². The smallest absolute Gasteiger partial charge is 0.308 e. The van der Waals surface area contributed by atoms with Crippen molar-refractivity contribution in [2.75, 3.05) is 26.3 Å². The van der Waals surface area contributed by atoms with Gasteiger partial charge in [0.05, 0.1) is 19.6 Å². The van der Waals surface area contributed by atoms with Crippen molar-refractivity contribution >= 4 is 29.4 Å².